The maximum Gasteiger partial charge on any atom is 0.0659 e. The monoisotopic (exact) mass is 166 g/mol. The Balaban J connectivity index is 2.51. The van der Waals surface area contributed by atoms with Crippen molar-refractivity contribution in [2.24, 2.45) is 11.8 Å². The van der Waals surface area contributed by atoms with Crippen molar-refractivity contribution >= 4 is 0 Å². The van der Waals surface area contributed by atoms with Gasteiger partial charge in [0.25, 0.3) is 0 Å². The van der Waals surface area contributed by atoms with Crippen LogP contribution >= 0.6 is 0 Å². The molecular weight excluding hydrogens is 148 g/mol. The van der Waals surface area contributed by atoms with Gasteiger partial charge in [-0.05, 0) is 39.3 Å². The lowest BCUT2D eigenvalue weighted by atomic mass is 9.78. The van der Waals surface area contributed by atoms with Crippen LogP contribution in [0.25, 0.3) is 0 Å². The Morgan fingerprint density at radius 2 is 2.00 bits per heavy atom. The SMILES string of the molecule is CC1CCC(N(C)C)CC1C#N. The third-order valence-electron chi connectivity index (χ3n) is 3.06. The van der Waals surface area contributed by atoms with Crippen LogP contribution in [0.5, 0.6) is 0 Å². The van der Waals surface area contributed by atoms with E-state index in [1.807, 2.05) is 0 Å². The first-order chi connectivity index (χ1) is 5.65. The lowest BCUT2D eigenvalue weighted by molar-refractivity contribution is 0.170. The predicted molar refractivity (Wildman–Crippen MR) is 49.6 cm³/mol. The molecule has 3 atom stereocenters. The molecule has 0 aromatic carbocycles. The summed E-state index contributed by atoms with van der Waals surface area (Å²) < 4.78 is 0. The number of nitriles is 1. The third kappa shape index (κ3) is 1.98. The van der Waals surface area contributed by atoms with Gasteiger partial charge in [-0.25, -0.2) is 0 Å². The summed E-state index contributed by atoms with van der Waals surface area (Å²) in [5.41, 5.74) is 0. The zero-order valence-corrected chi connectivity index (χ0v) is 8.25. The lowest BCUT2D eigenvalue weighted by Gasteiger charge is -2.34. The molecule has 12 heavy (non-hydrogen) atoms. The quantitative estimate of drug-likeness (QED) is 0.594. The topological polar surface area (TPSA) is 27.0 Å². The van der Waals surface area contributed by atoms with E-state index >= 15 is 0 Å². The van der Waals surface area contributed by atoms with E-state index in [0.29, 0.717) is 12.0 Å². The fourth-order valence-corrected chi connectivity index (χ4v) is 1.95. The minimum atomic E-state index is 0.283. The average Bonchev–Trinajstić information content (AvgIpc) is 2.05. The van der Waals surface area contributed by atoms with Crippen molar-refractivity contribution in [1.29, 1.82) is 5.26 Å². The van der Waals surface area contributed by atoms with Crippen LogP contribution in [0.15, 0.2) is 0 Å². The Morgan fingerprint density at radius 1 is 1.33 bits per heavy atom. The molecule has 1 saturated carbocycles. The van der Waals surface area contributed by atoms with Gasteiger partial charge in [0.15, 0.2) is 0 Å². The fraction of sp³-hybridized carbons (Fsp3) is 0.900. The van der Waals surface area contributed by atoms with E-state index in [2.05, 4.69) is 32.0 Å². The van der Waals surface area contributed by atoms with Gasteiger partial charge in [0.1, 0.15) is 0 Å². The summed E-state index contributed by atoms with van der Waals surface area (Å²) in [4.78, 5) is 2.25. The molecule has 68 valence electrons. The van der Waals surface area contributed by atoms with Crippen molar-refractivity contribution in [3.8, 4) is 6.07 Å². The van der Waals surface area contributed by atoms with Gasteiger partial charge < -0.3 is 4.90 Å². The Labute approximate surface area is 75.2 Å². The molecule has 0 spiro atoms. The molecule has 0 amide bonds. The molecule has 0 bridgehead atoms. The van der Waals surface area contributed by atoms with Crippen LogP contribution in [-0.4, -0.2) is 25.0 Å². The van der Waals surface area contributed by atoms with Gasteiger partial charge in [-0.3, -0.25) is 0 Å². The second-order valence-corrected chi connectivity index (χ2v) is 4.14. The van der Waals surface area contributed by atoms with E-state index in [-0.39, 0.29) is 5.92 Å². The summed E-state index contributed by atoms with van der Waals surface area (Å²) in [5, 5.41) is 8.89. The molecule has 0 aromatic heterocycles. The van der Waals surface area contributed by atoms with Crippen LogP contribution < -0.4 is 0 Å². The van der Waals surface area contributed by atoms with Crippen molar-refractivity contribution in [1.82, 2.24) is 4.90 Å². The first-order valence-corrected chi connectivity index (χ1v) is 4.71. The van der Waals surface area contributed by atoms with Crippen LogP contribution in [-0.2, 0) is 0 Å². The molecule has 3 unspecified atom stereocenters. The molecule has 0 saturated heterocycles. The minimum Gasteiger partial charge on any atom is -0.306 e. The predicted octanol–water partition coefficient (Wildman–Crippen LogP) is 1.88. The molecule has 0 aromatic rings. The highest BCUT2D eigenvalue weighted by atomic mass is 15.1. The zero-order valence-electron chi connectivity index (χ0n) is 8.25. The number of nitrogens with zero attached hydrogens (tertiary/aromatic N) is 2. The minimum absolute atomic E-state index is 0.283. The van der Waals surface area contributed by atoms with Crippen LogP contribution in [0.1, 0.15) is 26.2 Å². The first-order valence-electron chi connectivity index (χ1n) is 4.71. The molecule has 0 heterocycles. The molecule has 1 rings (SSSR count). The summed E-state index contributed by atoms with van der Waals surface area (Å²) in [6.45, 7) is 2.19. The summed E-state index contributed by atoms with van der Waals surface area (Å²) in [7, 11) is 4.21. The van der Waals surface area contributed by atoms with Crippen LogP contribution in [0.2, 0.25) is 0 Å². The lowest BCUT2D eigenvalue weighted by Crippen LogP contribution is -2.35. The molecular formula is C10H18N2. The molecule has 1 fully saturated rings. The smallest absolute Gasteiger partial charge is 0.0659 e. The van der Waals surface area contributed by atoms with E-state index in [4.69, 9.17) is 5.26 Å². The summed E-state index contributed by atoms with van der Waals surface area (Å²) >= 11 is 0. The highest BCUT2D eigenvalue weighted by Gasteiger charge is 2.28. The Kier molecular flexibility index (Phi) is 3.11. The second-order valence-electron chi connectivity index (χ2n) is 4.14. The van der Waals surface area contributed by atoms with Gasteiger partial charge in [-0.1, -0.05) is 6.92 Å². The Morgan fingerprint density at radius 3 is 2.50 bits per heavy atom. The van der Waals surface area contributed by atoms with Gasteiger partial charge in [0.2, 0.25) is 0 Å². The summed E-state index contributed by atoms with van der Waals surface area (Å²) in [5.74, 6) is 0.886. The second kappa shape index (κ2) is 3.91. The van der Waals surface area contributed by atoms with Crippen LogP contribution in [0, 0.1) is 23.2 Å². The molecule has 1 aliphatic rings. The van der Waals surface area contributed by atoms with Crippen LogP contribution in [0.4, 0.5) is 0 Å². The fourth-order valence-electron chi connectivity index (χ4n) is 1.95. The highest BCUT2D eigenvalue weighted by Crippen LogP contribution is 2.30. The van der Waals surface area contributed by atoms with Gasteiger partial charge in [-0.15, -0.1) is 0 Å². The molecule has 0 N–H and O–H groups in total. The Hall–Kier alpha value is -0.550. The first kappa shape index (κ1) is 9.54. The van der Waals surface area contributed by atoms with E-state index in [9.17, 15) is 0 Å². The van der Waals surface area contributed by atoms with E-state index < -0.39 is 0 Å². The van der Waals surface area contributed by atoms with Gasteiger partial charge in [0.05, 0.1) is 12.0 Å². The average molecular weight is 166 g/mol. The third-order valence-corrected chi connectivity index (χ3v) is 3.06. The molecule has 1 aliphatic carbocycles. The van der Waals surface area contributed by atoms with Crippen molar-refractivity contribution < 1.29 is 0 Å². The molecule has 2 nitrogen and oxygen atoms in total. The number of hydrogen-bond acceptors (Lipinski definition) is 2. The van der Waals surface area contributed by atoms with E-state index in [1.54, 1.807) is 0 Å². The standard InChI is InChI=1S/C10H18N2/c1-8-4-5-10(12(2)3)6-9(8)7-11/h8-10H,4-6H2,1-3H3. The van der Waals surface area contributed by atoms with E-state index in [1.165, 1.54) is 12.8 Å². The molecule has 2 heteroatoms. The van der Waals surface area contributed by atoms with Crippen molar-refractivity contribution in [2.75, 3.05) is 14.1 Å². The zero-order chi connectivity index (χ0) is 9.14. The number of hydrogen-bond donors (Lipinski definition) is 0. The van der Waals surface area contributed by atoms with Crippen molar-refractivity contribution in [3.63, 3.8) is 0 Å². The van der Waals surface area contributed by atoms with Gasteiger partial charge in [-0.2, -0.15) is 5.26 Å². The maximum absolute atomic E-state index is 8.89. The van der Waals surface area contributed by atoms with Gasteiger partial charge in [0, 0.05) is 6.04 Å². The van der Waals surface area contributed by atoms with Crippen molar-refractivity contribution in [3.05, 3.63) is 0 Å². The normalized spacial score (nSPS) is 36.4. The molecule has 0 radical (unpaired) electrons. The Bertz CT molecular complexity index is 181. The van der Waals surface area contributed by atoms with E-state index in [0.717, 1.165) is 6.42 Å². The summed E-state index contributed by atoms with van der Waals surface area (Å²) in [6, 6.07) is 3.04. The van der Waals surface area contributed by atoms with Crippen molar-refractivity contribution in [2.45, 2.75) is 32.2 Å². The van der Waals surface area contributed by atoms with Gasteiger partial charge >= 0.3 is 0 Å². The maximum atomic E-state index is 8.89. The summed E-state index contributed by atoms with van der Waals surface area (Å²) in [6.07, 6.45) is 3.53. The highest BCUT2D eigenvalue weighted by molar-refractivity contribution is 4.93. The number of rotatable bonds is 1. The largest absolute Gasteiger partial charge is 0.306 e. The van der Waals surface area contributed by atoms with Crippen LogP contribution in [0.3, 0.4) is 0 Å². The molecule has 0 aliphatic heterocycles.